The molecule has 0 atom stereocenters. The fourth-order valence-corrected chi connectivity index (χ4v) is 0.577. The second-order valence-electron chi connectivity index (χ2n) is 1.86. The molecule has 2 nitrogen and oxygen atoms in total. The van der Waals surface area contributed by atoms with Gasteiger partial charge in [0.2, 0.25) is 0 Å². The predicted octanol–water partition coefficient (Wildman–Crippen LogP) is -0.117. The van der Waals surface area contributed by atoms with Crippen molar-refractivity contribution in [2.24, 2.45) is 0 Å². The van der Waals surface area contributed by atoms with Crippen molar-refractivity contribution in [3.05, 3.63) is 0 Å². The van der Waals surface area contributed by atoms with Crippen molar-refractivity contribution in [1.82, 2.24) is 0 Å². The van der Waals surface area contributed by atoms with Crippen LogP contribution in [0.1, 0.15) is 25.7 Å². The second kappa shape index (κ2) is 11.3. The third-order valence-electron chi connectivity index (χ3n) is 1.07. The molecule has 0 fully saturated rings. The molecule has 0 saturated carbocycles. The zero-order chi connectivity index (χ0) is 6.24. The minimum absolute atomic E-state index is 0. The van der Waals surface area contributed by atoms with Crippen LogP contribution in [-0.2, 0) is 0 Å². The molecule has 0 heterocycles. The molecular formula is C6H15LiO2. The van der Waals surface area contributed by atoms with Gasteiger partial charge in [0.05, 0.1) is 0 Å². The molecule has 0 spiro atoms. The van der Waals surface area contributed by atoms with E-state index in [1.54, 1.807) is 0 Å². The summed E-state index contributed by atoms with van der Waals surface area (Å²) < 4.78 is 0. The summed E-state index contributed by atoms with van der Waals surface area (Å²) >= 11 is 0. The Morgan fingerprint density at radius 1 is 0.667 bits per heavy atom. The van der Waals surface area contributed by atoms with Crippen molar-refractivity contribution >= 4 is 18.9 Å². The van der Waals surface area contributed by atoms with Crippen LogP contribution < -0.4 is 0 Å². The third kappa shape index (κ3) is 11.9. The van der Waals surface area contributed by atoms with Crippen molar-refractivity contribution in [2.45, 2.75) is 25.7 Å². The molecule has 0 aromatic carbocycles. The predicted molar refractivity (Wildman–Crippen MR) is 39.8 cm³/mol. The van der Waals surface area contributed by atoms with E-state index in [0.29, 0.717) is 0 Å². The molecule has 2 N–H and O–H groups in total. The Labute approximate surface area is 68.4 Å². The Hall–Kier alpha value is 0.517. The van der Waals surface area contributed by atoms with Crippen LogP contribution in [0.3, 0.4) is 0 Å². The molecular weight excluding hydrogens is 111 g/mol. The number of hydrogen-bond donors (Lipinski definition) is 2. The van der Waals surface area contributed by atoms with Gasteiger partial charge < -0.3 is 10.2 Å². The molecule has 9 heavy (non-hydrogen) atoms. The van der Waals surface area contributed by atoms with Gasteiger partial charge in [0, 0.05) is 13.2 Å². The molecule has 0 saturated heterocycles. The van der Waals surface area contributed by atoms with Crippen molar-refractivity contribution in [1.29, 1.82) is 0 Å². The molecule has 0 aromatic rings. The van der Waals surface area contributed by atoms with E-state index in [1.807, 2.05) is 0 Å². The average Bonchev–Trinajstić information content (AvgIpc) is 1.81. The molecule has 0 aliphatic heterocycles. The average molecular weight is 126 g/mol. The summed E-state index contributed by atoms with van der Waals surface area (Å²) in [5.74, 6) is 0. The standard InChI is InChI=1S/C6H14O2.Li.H/c7-5-3-1-2-4-6-8;;/h7-8H,1-6H2;;. The summed E-state index contributed by atoms with van der Waals surface area (Å²) in [5, 5.41) is 16.6. The Bertz CT molecular complexity index is 36.0. The van der Waals surface area contributed by atoms with Gasteiger partial charge >= 0.3 is 18.9 Å². The number of unbranched alkanes of at least 4 members (excludes halogenated alkanes) is 3. The van der Waals surface area contributed by atoms with E-state index >= 15 is 0 Å². The minimum atomic E-state index is 0. The van der Waals surface area contributed by atoms with E-state index in [0.717, 1.165) is 25.7 Å². The van der Waals surface area contributed by atoms with E-state index in [4.69, 9.17) is 10.2 Å². The first-order valence-corrected chi connectivity index (χ1v) is 3.13. The molecule has 0 rings (SSSR count). The summed E-state index contributed by atoms with van der Waals surface area (Å²) in [6, 6.07) is 0. The fourth-order valence-electron chi connectivity index (χ4n) is 0.577. The zero-order valence-electron chi connectivity index (χ0n) is 5.14. The monoisotopic (exact) mass is 126 g/mol. The van der Waals surface area contributed by atoms with Crippen LogP contribution in [0.4, 0.5) is 0 Å². The first-order chi connectivity index (χ1) is 3.91. The molecule has 0 aliphatic carbocycles. The molecule has 0 radical (unpaired) electrons. The van der Waals surface area contributed by atoms with Gasteiger partial charge in [0.25, 0.3) is 0 Å². The number of aliphatic hydroxyl groups excluding tert-OH is 2. The van der Waals surface area contributed by atoms with Crippen LogP contribution in [-0.4, -0.2) is 42.3 Å². The van der Waals surface area contributed by atoms with Crippen molar-refractivity contribution in [3.8, 4) is 0 Å². The Morgan fingerprint density at radius 3 is 1.22 bits per heavy atom. The van der Waals surface area contributed by atoms with Crippen LogP contribution >= 0.6 is 0 Å². The third-order valence-corrected chi connectivity index (χ3v) is 1.07. The summed E-state index contributed by atoms with van der Waals surface area (Å²) in [6.45, 7) is 0.566. The van der Waals surface area contributed by atoms with Gasteiger partial charge in [-0.15, -0.1) is 0 Å². The SMILES string of the molecule is OCCCCCCO.[LiH]. The van der Waals surface area contributed by atoms with Gasteiger partial charge in [-0.25, -0.2) is 0 Å². The maximum atomic E-state index is 8.30. The van der Waals surface area contributed by atoms with Gasteiger partial charge in [-0.2, -0.15) is 0 Å². The van der Waals surface area contributed by atoms with Gasteiger partial charge in [-0.3, -0.25) is 0 Å². The molecule has 0 aromatic heterocycles. The summed E-state index contributed by atoms with van der Waals surface area (Å²) in [5.41, 5.74) is 0. The Morgan fingerprint density at radius 2 is 1.00 bits per heavy atom. The summed E-state index contributed by atoms with van der Waals surface area (Å²) in [4.78, 5) is 0. The van der Waals surface area contributed by atoms with Crippen molar-refractivity contribution in [3.63, 3.8) is 0 Å². The summed E-state index contributed by atoms with van der Waals surface area (Å²) in [6.07, 6.45) is 3.83. The van der Waals surface area contributed by atoms with E-state index in [-0.39, 0.29) is 32.1 Å². The molecule has 0 bridgehead atoms. The quantitative estimate of drug-likeness (QED) is 0.398. The van der Waals surface area contributed by atoms with Crippen LogP contribution in [0.15, 0.2) is 0 Å². The fraction of sp³-hybridized carbons (Fsp3) is 1.00. The van der Waals surface area contributed by atoms with Crippen LogP contribution in [0.2, 0.25) is 0 Å². The van der Waals surface area contributed by atoms with Crippen LogP contribution in [0, 0.1) is 0 Å². The normalized spacial score (nSPS) is 8.67. The van der Waals surface area contributed by atoms with Gasteiger partial charge in [-0.1, -0.05) is 12.8 Å². The first-order valence-electron chi connectivity index (χ1n) is 3.13. The molecule has 0 unspecified atom stereocenters. The number of hydrogen-bond acceptors (Lipinski definition) is 2. The summed E-state index contributed by atoms with van der Waals surface area (Å²) in [7, 11) is 0. The Kier molecular flexibility index (Phi) is 15.4. The van der Waals surface area contributed by atoms with Gasteiger partial charge in [0.15, 0.2) is 0 Å². The molecule has 0 aliphatic rings. The molecule has 3 heteroatoms. The number of rotatable bonds is 5. The van der Waals surface area contributed by atoms with E-state index in [1.165, 1.54) is 0 Å². The van der Waals surface area contributed by atoms with Crippen molar-refractivity contribution in [2.75, 3.05) is 13.2 Å². The maximum absolute atomic E-state index is 8.30. The van der Waals surface area contributed by atoms with Crippen LogP contribution in [0.25, 0.3) is 0 Å². The molecule has 52 valence electrons. The van der Waals surface area contributed by atoms with Crippen LogP contribution in [0.5, 0.6) is 0 Å². The topological polar surface area (TPSA) is 40.5 Å². The van der Waals surface area contributed by atoms with E-state index in [9.17, 15) is 0 Å². The van der Waals surface area contributed by atoms with Crippen molar-refractivity contribution < 1.29 is 10.2 Å². The second-order valence-corrected chi connectivity index (χ2v) is 1.86. The zero-order valence-corrected chi connectivity index (χ0v) is 5.14. The molecule has 0 amide bonds. The Balaban J connectivity index is 0. The van der Waals surface area contributed by atoms with E-state index < -0.39 is 0 Å². The first kappa shape index (κ1) is 12.2. The number of aliphatic hydroxyl groups is 2. The van der Waals surface area contributed by atoms with E-state index in [2.05, 4.69) is 0 Å². The van der Waals surface area contributed by atoms with Gasteiger partial charge in [0.1, 0.15) is 0 Å². The van der Waals surface area contributed by atoms with Gasteiger partial charge in [-0.05, 0) is 12.8 Å².